The predicted octanol–water partition coefficient (Wildman–Crippen LogP) is 2.75. The summed E-state index contributed by atoms with van der Waals surface area (Å²) < 4.78 is 1.44. The van der Waals surface area contributed by atoms with Crippen LogP contribution in [0, 0.1) is 10.4 Å². The second-order valence-corrected chi connectivity index (χ2v) is 35.6. The van der Waals surface area contributed by atoms with Gasteiger partial charge in [0.15, 0.2) is 0 Å². The van der Waals surface area contributed by atoms with Gasteiger partial charge in [0, 0.05) is 0 Å². The monoisotopic (exact) mass is 442 g/mol. The SMILES string of the molecule is [O-][n+]1ccccc1[S][Sn]([Cl])([Cl])[S]c1cccc[n+]1[O-]. The molecule has 0 fully saturated rings. The molecule has 2 heterocycles. The van der Waals surface area contributed by atoms with Crippen LogP contribution in [-0.2, 0) is 0 Å². The van der Waals surface area contributed by atoms with Crippen LogP contribution < -0.4 is 9.46 Å². The van der Waals surface area contributed by atoms with Gasteiger partial charge in [-0.2, -0.15) is 0 Å². The summed E-state index contributed by atoms with van der Waals surface area (Å²) in [5, 5.41) is 24.0. The van der Waals surface area contributed by atoms with Crippen LogP contribution in [0.15, 0.2) is 58.8 Å². The van der Waals surface area contributed by atoms with E-state index in [1.807, 2.05) is 0 Å². The fourth-order valence-electron chi connectivity index (χ4n) is 1.25. The fourth-order valence-corrected chi connectivity index (χ4v) is 20.2. The second-order valence-electron chi connectivity index (χ2n) is 3.40. The number of hydrogen-bond donors (Lipinski definition) is 0. The molecule has 100 valence electrons. The van der Waals surface area contributed by atoms with E-state index in [1.54, 1.807) is 36.4 Å². The number of nitrogens with zero attached hydrogens (tertiary/aromatic N) is 2. The maximum absolute atomic E-state index is 11.6. The molecule has 0 aromatic carbocycles. The molecule has 0 bridgehead atoms. The zero-order chi connectivity index (χ0) is 13.9. The van der Waals surface area contributed by atoms with E-state index >= 15 is 0 Å². The third-order valence-corrected chi connectivity index (χ3v) is 20.8. The first kappa shape index (κ1) is 15.4. The van der Waals surface area contributed by atoms with Gasteiger partial charge >= 0.3 is 128 Å². The molecule has 0 aliphatic rings. The van der Waals surface area contributed by atoms with Crippen molar-refractivity contribution in [2.24, 2.45) is 0 Å². The van der Waals surface area contributed by atoms with Crippen molar-refractivity contribution in [2.45, 2.75) is 10.1 Å². The van der Waals surface area contributed by atoms with Crippen molar-refractivity contribution in [1.82, 2.24) is 0 Å². The molecular formula is C10H8Cl2N2O2S2Sn. The van der Waals surface area contributed by atoms with Gasteiger partial charge in [0.1, 0.15) is 0 Å². The molecule has 0 radical (unpaired) electrons. The molecule has 2 aromatic heterocycles. The van der Waals surface area contributed by atoms with Crippen molar-refractivity contribution in [1.29, 1.82) is 0 Å². The van der Waals surface area contributed by atoms with Crippen molar-refractivity contribution in [2.75, 3.05) is 0 Å². The summed E-state index contributed by atoms with van der Waals surface area (Å²) in [6.45, 7) is 0. The molecule has 0 saturated heterocycles. The molecule has 0 aliphatic heterocycles. The van der Waals surface area contributed by atoms with Gasteiger partial charge in [-0.05, 0) is 0 Å². The van der Waals surface area contributed by atoms with Crippen molar-refractivity contribution in [3.05, 3.63) is 59.2 Å². The van der Waals surface area contributed by atoms with E-state index in [4.69, 9.17) is 17.8 Å². The Labute approximate surface area is 127 Å². The van der Waals surface area contributed by atoms with Crippen LogP contribution in [0.2, 0.25) is 0 Å². The summed E-state index contributed by atoms with van der Waals surface area (Å²) in [5.74, 6) is 0. The van der Waals surface area contributed by atoms with Crippen LogP contribution in [0.5, 0.6) is 0 Å². The Morgan fingerprint density at radius 1 is 0.842 bits per heavy atom. The van der Waals surface area contributed by atoms with Gasteiger partial charge in [-0.25, -0.2) is 0 Å². The minimum absolute atomic E-state index is 0.448. The summed E-state index contributed by atoms with van der Waals surface area (Å²) in [4.78, 5) is 0. The first-order valence-corrected chi connectivity index (χ1v) is 21.0. The van der Waals surface area contributed by atoms with Crippen molar-refractivity contribution in [3.8, 4) is 0 Å². The standard InChI is InChI=1S/2C5H5NOS.2ClH.Sn/c2*7-6-4-2-1-3-5(6)8;;;/h2*1-4,8H;2*1H;/q;;;;+4/p-4. The molecule has 4 nitrogen and oxygen atoms in total. The Bertz CT molecular complexity index is 539. The number of pyridine rings is 2. The molecule has 0 N–H and O–H groups in total. The topological polar surface area (TPSA) is 53.9 Å². The molecule has 0 amide bonds. The van der Waals surface area contributed by atoms with Crippen molar-refractivity contribution >= 4 is 49.1 Å². The van der Waals surface area contributed by atoms with E-state index in [2.05, 4.69) is 0 Å². The number of halogens is 2. The molecule has 2 aromatic rings. The third kappa shape index (κ3) is 4.49. The number of rotatable bonds is 4. The summed E-state index contributed by atoms with van der Waals surface area (Å²) in [7, 11) is 15.0. The van der Waals surface area contributed by atoms with E-state index < -0.39 is 13.4 Å². The van der Waals surface area contributed by atoms with Crippen molar-refractivity contribution in [3.63, 3.8) is 0 Å². The van der Waals surface area contributed by atoms with Gasteiger partial charge in [0.2, 0.25) is 0 Å². The van der Waals surface area contributed by atoms with Gasteiger partial charge < -0.3 is 0 Å². The van der Waals surface area contributed by atoms with Crippen LogP contribution in [0.4, 0.5) is 0 Å². The van der Waals surface area contributed by atoms with Crippen LogP contribution in [0.25, 0.3) is 0 Å². The second kappa shape index (κ2) is 6.62. The van der Waals surface area contributed by atoms with Gasteiger partial charge in [0.05, 0.1) is 0 Å². The zero-order valence-electron chi connectivity index (χ0n) is 9.40. The fraction of sp³-hybridized carbons (Fsp3) is 0. The molecule has 19 heavy (non-hydrogen) atoms. The zero-order valence-corrected chi connectivity index (χ0v) is 15.4. The quantitative estimate of drug-likeness (QED) is 0.416. The molecule has 0 unspecified atom stereocenters. The van der Waals surface area contributed by atoms with E-state index in [0.717, 1.165) is 9.46 Å². The van der Waals surface area contributed by atoms with Gasteiger partial charge in [0.25, 0.3) is 0 Å². The maximum atomic E-state index is 11.6. The van der Waals surface area contributed by atoms with Crippen molar-refractivity contribution < 1.29 is 9.46 Å². The first-order chi connectivity index (χ1) is 8.98. The molecule has 0 spiro atoms. The third-order valence-electron chi connectivity index (χ3n) is 2.02. The Morgan fingerprint density at radius 2 is 1.26 bits per heavy atom. The Morgan fingerprint density at radius 3 is 1.63 bits per heavy atom. The molecular weight excluding hydrogens is 434 g/mol. The average molecular weight is 442 g/mol. The molecule has 9 heteroatoms. The summed E-state index contributed by atoms with van der Waals surface area (Å²) in [5.41, 5.74) is 0. The van der Waals surface area contributed by atoms with Crippen LogP contribution in [0.3, 0.4) is 0 Å². The van der Waals surface area contributed by atoms with E-state index in [1.165, 1.54) is 30.3 Å². The molecule has 0 aliphatic carbocycles. The van der Waals surface area contributed by atoms with Gasteiger partial charge in [-0.1, -0.05) is 0 Å². The molecule has 2 rings (SSSR count). The molecule has 0 atom stereocenters. The van der Waals surface area contributed by atoms with Gasteiger partial charge in [-0.3, -0.25) is 0 Å². The van der Waals surface area contributed by atoms with Crippen LogP contribution >= 0.6 is 35.7 Å². The molecule has 0 saturated carbocycles. The summed E-state index contributed by atoms with van der Waals surface area (Å²) in [6.07, 6.45) is 2.78. The average Bonchev–Trinajstić information content (AvgIpc) is 2.35. The van der Waals surface area contributed by atoms with Crippen LogP contribution in [0.1, 0.15) is 0 Å². The van der Waals surface area contributed by atoms with E-state index in [9.17, 15) is 10.4 Å². The summed E-state index contributed by atoms with van der Waals surface area (Å²) in [6, 6.07) is 10.1. The first-order valence-electron chi connectivity index (χ1n) is 5.10. The normalized spacial score (nSPS) is 11.5. The van der Waals surface area contributed by atoms with E-state index in [0.29, 0.717) is 10.1 Å². The number of hydrogen-bond acceptors (Lipinski definition) is 4. The Hall–Kier alpha value is -0.0213. The Balaban J connectivity index is 2.15. The van der Waals surface area contributed by atoms with Crippen LogP contribution in [-0.4, -0.2) is 13.4 Å². The number of aromatic nitrogens is 2. The van der Waals surface area contributed by atoms with E-state index in [-0.39, 0.29) is 0 Å². The van der Waals surface area contributed by atoms with Gasteiger partial charge in [-0.15, -0.1) is 0 Å². The predicted molar refractivity (Wildman–Crippen MR) is 80.0 cm³/mol. The summed E-state index contributed by atoms with van der Waals surface area (Å²) >= 11 is -3.70. The minimum atomic E-state index is -3.70. The Kier molecular flexibility index (Phi) is 5.36.